The maximum Gasteiger partial charge on any atom is 0.416 e. The summed E-state index contributed by atoms with van der Waals surface area (Å²) >= 11 is 0. The first-order valence-corrected chi connectivity index (χ1v) is 36.7. The van der Waals surface area contributed by atoms with Gasteiger partial charge in [0.2, 0.25) is 0 Å². The van der Waals surface area contributed by atoms with Crippen LogP contribution in [0.3, 0.4) is 0 Å². The third-order valence-electron chi connectivity index (χ3n) is 18.8. The summed E-state index contributed by atoms with van der Waals surface area (Å²) in [5, 5.41) is 3.86. The maximum atomic E-state index is 13.1. The lowest BCUT2D eigenvalue weighted by Crippen LogP contribution is -2.37. The summed E-state index contributed by atoms with van der Waals surface area (Å²) in [5.41, 5.74) is 26.8. The molecule has 0 atom stereocenters. The second-order valence-electron chi connectivity index (χ2n) is 26.1. The maximum absolute atomic E-state index is 13.1. The van der Waals surface area contributed by atoms with Crippen molar-refractivity contribution >= 4 is 35.1 Å². The average Bonchev–Trinajstić information content (AvgIpc) is 1.61. The topological polar surface area (TPSA) is 9.86 Å². The quantitative estimate of drug-likeness (QED) is 0.102. The summed E-state index contributed by atoms with van der Waals surface area (Å²) in [5.74, 6) is 0. The molecule has 0 aliphatic rings. The van der Waals surface area contributed by atoms with Crippen LogP contribution < -0.4 is 5.19 Å². The zero-order valence-corrected chi connectivity index (χ0v) is 55.7. The van der Waals surface area contributed by atoms with Gasteiger partial charge in [0, 0.05) is 45.7 Å². The Morgan fingerprint density at radius 2 is 0.459 bits per heavy atom. The molecule has 0 saturated heterocycles. The van der Waals surface area contributed by atoms with Gasteiger partial charge in [0.1, 0.15) is 0 Å². The predicted octanol–water partition coefficient (Wildman–Crippen LogP) is 25.5. The third kappa shape index (κ3) is 13.2. The molecular formula is C92H69F3N2Si. The van der Waals surface area contributed by atoms with Crippen molar-refractivity contribution < 1.29 is 13.2 Å². The Morgan fingerprint density at radius 3 is 0.735 bits per heavy atom. The molecule has 472 valence electrons. The van der Waals surface area contributed by atoms with Crippen molar-refractivity contribution in [1.29, 1.82) is 0 Å². The highest BCUT2D eigenvalue weighted by atomic mass is 28.3. The van der Waals surface area contributed by atoms with Crippen molar-refractivity contribution in [3.05, 3.63) is 370 Å². The van der Waals surface area contributed by atoms with Crippen LogP contribution in [0.25, 0.3) is 144 Å². The Bertz CT molecular complexity index is 5040. The Balaban J connectivity index is 0.000000160. The van der Waals surface area contributed by atoms with Crippen LogP contribution in [0.4, 0.5) is 13.2 Å². The van der Waals surface area contributed by atoms with E-state index in [1.807, 2.05) is 48.5 Å². The molecule has 0 saturated carbocycles. The number of benzene rings is 14. The molecule has 0 amide bonds. The first kappa shape index (κ1) is 62.3. The first-order valence-electron chi connectivity index (χ1n) is 33.2. The molecule has 2 aromatic heterocycles. The molecule has 98 heavy (non-hydrogen) atoms. The van der Waals surface area contributed by atoms with Gasteiger partial charge in [-0.1, -0.05) is 316 Å². The van der Waals surface area contributed by atoms with E-state index in [-0.39, 0.29) is 0 Å². The van der Waals surface area contributed by atoms with Gasteiger partial charge in [-0.3, -0.25) is 0 Å². The van der Waals surface area contributed by atoms with E-state index in [1.165, 1.54) is 101 Å². The summed E-state index contributed by atoms with van der Waals surface area (Å²) in [4.78, 5) is 0. The number of halogens is 3. The van der Waals surface area contributed by atoms with E-state index in [0.717, 1.165) is 73.4 Å². The second kappa shape index (κ2) is 26.8. The molecule has 2 heterocycles. The minimum atomic E-state index is -4.36. The van der Waals surface area contributed by atoms with Crippen LogP contribution in [-0.4, -0.2) is 17.2 Å². The van der Waals surface area contributed by atoms with E-state index < -0.39 is 19.8 Å². The fraction of sp³-hybridized carbons (Fsp3) is 0.0435. The largest absolute Gasteiger partial charge is 0.416 e. The van der Waals surface area contributed by atoms with Gasteiger partial charge in [0.25, 0.3) is 0 Å². The van der Waals surface area contributed by atoms with Crippen molar-refractivity contribution in [3.63, 3.8) is 0 Å². The van der Waals surface area contributed by atoms with E-state index in [9.17, 15) is 13.2 Å². The molecule has 0 spiro atoms. The number of aromatic nitrogens is 2. The molecule has 16 rings (SSSR count). The number of rotatable bonds is 13. The van der Waals surface area contributed by atoms with Gasteiger partial charge >= 0.3 is 6.18 Å². The lowest BCUT2D eigenvalue weighted by Gasteiger charge is -2.17. The summed E-state index contributed by atoms with van der Waals surface area (Å²) < 4.78 is 43.9. The molecule has 0 unspecified atom stereocenters. The molecule has 0 bridgehead atoms. The van der Waals surface area contributed by atoms with E-state index in [0.29, 0.717) is 0 Å². The highest BCUT2D eigenvalue weighted by molar-refractivity contribution is 6.88. The zero-order chi connectivity index (χ0) is 66.7. The summed E-state index contributed by atoms with van der Waals surface area (Å²) in [6.45, 7) is 7.19. The highest BCUT2D eigenvalue weighted by Crippen LogP contribution is 2.41. The van der Waals surface area contributed by atoms with Crippen molar-refractivity contribution in [2.75, 3.05) is 0 Å². The van der Waals surface area contributed by atoms with Crippen LogP contribution in [0.5, 0.6) is 0 Å². The Hall–Kier alpha value is -11.8. The molecule has 6 heteroatoms. The number of hydrogen-bond acceptors (Lipinski definition) is 0. The molecule has 0 radical (unpaired) electrons. The van der Waals surface area contributed by atoms with Gasteiger partial charge in [-0.25, -0.2) is 0 Å². The molecule has 0 N–H and O–H groups in total. The van der Waals surface area contributed by atoms with E-state index in [1.54, 1.807) is 0 Å². The normalized spacial score (nSPS) is 11.6. The van der Waals surface area contributed by atoms with Crippen molar-refractivity contribution in [3.8, 4) is 123 Å². The highest BCUT2D eigenvalue weighted by Gasteiger charge is 2.30. The fourth-order valence-electron chi connectivity index (χ4n) is 13.3. The molecule has 2 nitrogen and oxygen atoms in total. The number of hydrogen-bond donors (Lipinski definition) is 0. The van der Waals surface area contributed by atoms with Gasteiger partial charge in [-0.15, -0.1) is 0 Å². The molecule has 0 fully saturated rings. The minimum Gasteiger partial charge on any atom is -0.316 e. The van der Waals surface area contributed by atoms with Crippen LogP contribution in [-0.2, 0) is 6.18 Å². The molecular weight excluding hydrogens is 1220 g/mol. The molecule has 0 aliphatic heterocycles. The van der Waals surface area contributed by atoms with Crippen LogP contribution in [0.1, 0.15) is 5.56 Å². The fourth-order valence-corrected chi connectivity index (χ4v) is 14.4. The van der Waals surface area contributed by atoms with Gasteiger partial charge in [-0.2, -0.15) is 13.2 Å². The average molecular weight is 1290 g/mol. The number of alkyl halides is 3. The van der Waals surface area contributed by atoms with Gasteiger partial charge in [0.05, 0.1) is 24.7 Å². The lowest BCUT2D eigenvalue weighted by molar-refractivity contribution is -0.137. The van der Waals surface area contributed by atoms with Crippen molar-refractivity contribution in [1.82, 2.24) is 9.13 Å². The van der Waals surface area contributed by atoms with E-state index in [2.05, 4.69) is 320 Å². The van der Waals surface area contributed by atoms with Crippen molar-refractivity contribution in [2.24, 2.45) is 0 Å². The van der Waals surface area contributed by atoms with Crippen LogP contribution in [0, 0.1) is 0 Å². The van der Waals surface area contributed by atoms with Crippen LogP contribution >= 0.6 is 0 Å². The van der Waals surface area contributed by atoms with Gasteiger partial charge in [-0.05, 0) is 161 Å². The minimum absolute atomic E-state index is 0.650. The smallest absolute Gasteiger partial charge is 0.316 e. The monoisotopic (exact) mass is 1290 g/mol. The van der Waals surface area contributed by atoms with E-state index in [4.69, 9.17) is 0 Å². The molecule has 0 aliphatic carbocycles. The SMILES string of the molecule is C[Si](C)(C)c1ccc(-c2ccc(-n3cc(-c4ccc(-c5ccccc5)cc4)c4cc(-c5ccc(-c6ccccc6)cc5)ccc43)cc2)cc1.FC(F)(F)c1ccc(-c2ccc(-n3cc(-c4ccc(-c5ccccc5)cc4)c4cc(-c5ccc(-c6ccccc6)cc5)ccc43)cc2)cc1. The molecule has 16 aromatic rings. The van der Waals surface area contributed by atoms with Crippen LogP contribution in [0.15, 0.2) is 364 Å². The van der Waals surface area contributed by atoms with Crippen molar-refractivity contribution in [2.45, 2.75) is 25.8 Å². The Labute approximate surface area is 572 Å². The third-order valence-corrected chi connectivity index (χ3v) is 20.9. The summed E-state index contributed by atoms with van der Waals surface area (Å²) in [6.07, 6.45) is 0.128. The Morgan fingerprint density at radius 1 is 0.235 bits per heavy atom. The summed E-state index contributed by atoms with van der Waals surface area (Å²) in [7, 11) is -1.33. The first-order chi connectivity index (χ1) is 47.8. The number of fused-ring (bicyclic) bond motifs is 2. The summed E-state index contributed by atoms with van der Waals surface area (Å²) in [6, 6.07) is 122. The molecule has 14 aromatic carbocycles. The predicted molar refractivity (Wildman–Crippen MR) is 409 cm³/mol. The standard InChI is InChI=1S/C47H39NSi.C45H30F3N/c1-49(2,3)44-29-24-39(25-30-44)38-22-27-43(28-23-38)48-33-46(41-20-18-37(19-21-41)35-12-8-5-9-13-35)45-32-42(26-31-47(45)48)40-16-14-36(15-17-40)34-10-6-4-7-11-34;46-45(47,48)40-24-19-35(20-25-40)36-21-26-41(27-22-36)49-30-43(38-17-15-34(16-18-38)32-9-5-2-6-10-32)42-29-39(23-28-44(42)49)37-13-11-33(12-14-37)31-7-3-1-4-8-31/h4-33H,1-3H3;1-30H. The Kier molecular flexibility index (Phi) is 17.0. The number of nitrogens with zero attached hydrogens (tertiary/aromatic N) is 2. The lowest BCUT2D eigenvalue weighted by atomic mass is 9.97. The van der Waals surface area contributed by atoms with Gasteiger partial charge in [0.15, 0.2) is 0 Å². The zero-order valence-electron chi connectivity index (χ0n) is 54.7. The van der Waals surface area contributed by atoms with E-state index >= 15 is 0 Å². The second-order valence-corrected chi connectivity index (χ2v) is 31.1. The van der Waals surface area contributed by atoms with Gasteiger partial charge < -0.3 is 9.13 Å². The van der Waals surface area contributed by atoms with Crippen LogP contribution in [0.2, 0.25) is 19.6 Å².